The zero-order valence-corrected chi connectivity index (χ0v) is 18.8. The van der Waals surface area contributed by atoms with Crippen LogP contribution in [-0.4, -0.2) is 24.3 Å². The largest absolute Gasteiger partial charge is 0.348 e. The van der Waals surface area contributed by atoms with Gasteiger partial charge in [-0.2, -0.15) is 0 Å². The Labute approximate surface area is 193 Å². The molecule has 1 atom stereocenters. The molecular formula is C27H27N3O3. The van der Waals surface area contributed by atoms with E-state index in [9.17, 15) is 14.4 Å². The molecule has 6 nitrogen and oxygen atoms in total. The molecule has 3 amide bonds. The Morgan fingerprint density at radius 3 is 2.42 bits per heavy atom. The minimum absolute atomic E-state index is 0.0766. The molecule has 2 N–H and O–H groups in total. The van der Waals surface area contributed by atoms with Crippen LogP contribution in [0, 0.1) is 19.8 Å². The van der Waals surface area contributed by atoms with E-state index in [2.05, 4.69) is 10.6 Å². The predicted molar refractivity (Wildman–Crippen MR) is 129 cm³/mol. The second kappa shape index (κ2) is 9.69. The van der Waals surface area contributed by atoms with Crippen LogP contribution in [0.4, 0.5) is 11.4 Å². The number of aryl methyl sites for hydroxylation is 2. The molecule has 1 heterocycles. The minimum Gasteiger partial charge on any atom is -0.348 e. The van der Waals surface area contributed by atoms with Gasteiger partial charge in [-0.3, -0.25) is 14.4 Å². The topological polar surface area (TPSA) is 78.5 Å². The number of carbonyl (C=O) groups is 3. The van der Waals surface area contributed by atoms with Crippen LogP contribution >= 0.6 is 0 Å². The maximum absolute atomic E-state index is 13.0. The van der Waals surface area contributed by atoms with E-state index in [-0.39, 0.29) is 24.1 Å². The summed E-state index contributed by atoms with van der Waals surface area (Å²) in [4.78, 5) is 40.0. The summed E-state index contributed by atoms with van der Waals surface area (Å²) >= 11 is 0. The van der Waals surface area contributed by atoms with Gasteiger partial charge in [-0.1, -0.05) is 48.5 Å². The monoisotopic (exact) mass is 441 g/mol. The zero-order valence-electron chi connectivity index (χ0n) is 18.8. The van der Waals surface area contributed by atoms with E-state index >= 15 is 0 Å². The molecule has 1 aliphatic heterocycles. The maximum Gasteiger partial charge on any atom is 0.253 e. The number of amides is 3. The van der Waals surface area contributed by atoms with Crippen molar-refractivity contribution in [2.24, 2.45) is 5.92 Å². The number of carbonyl (C=O) groups excluding carboxylic acids is 3. The van der Waals surface area contributed by atoms with E-state index in [1.54, 1.807) is 29.2 Å². The third-order valence-electron chi connectivity index (χ3n) is 6.02. The van der Waals surface area contributed by atoms with Crippen molar-refractivity contribution in [1.29, 1.82) is 0 Å². The molecule has 6 heteroatoms. The van der Waals surface area contributed by atoms with Gasteiger partial charge in [0.05, 0.1) is 17.2 Å². The molecule has 1 aliphatic rings. The Morgan fingerprint density at radius 2 is 1.67 bits per heavy atom. The molecule has 3 aromatic carbocycles. The first-order chi connectivity index (χ1) is 15.9. The lowest BCUT2D eigenvalue weighted by atomic mass is 10.1. The standard InChI is InChI=1S/C27H27N3O3/c1-18-12-13-22(14-19(18)2)30-17-21(15-25(30)31)26(32)29-24-11-7-6-10-23(24)27(33)28-16-20-8-4-3-5-9-20/h3-14,21H,15-17H2,1-2H3,(H,28,33)(H,29,32)/t21-/m0/s1. The van der Waals surface area contributed by atoms with Crippen LogP contribution in [0.5, 0.6) is 0 Å². The second-order valence-electron chi connectivity index (χ2n) is 8.38. The molecule has 3 aromatic rings. The number of hydrogen-bond donors (Lipinski definition) is 2. The van der Waals surface area contributed by atoms with E-state index in [1.807, 2.05) is 62.4 Å². The summed E-state index contributed by atoms with van der Waals surface area (Å²) in [5.41, 5.74) is 4.87. The first kappa shape index (κ1) is 22.3. The van der Waals surface area contributed by atoms with Gasteiger partial charge in [0.2, 0.25) is 11.8 Å². The highest BCUT2D eigenvalue weighted by Gasteiger charge is 2.35. The van der Waals surface area contributed by atoms with Crippen molar-refractivity contribution in [3.05, 3.63) is 95.1 Å². The number of nitrogens with zero attached hydrogens (tertiary/aromatic N) is 1. The summed E-state index contributed by atoms with van der Waals surface area (Å²) in [6.45, 7) is 4.73. The number of anilines is 2. The van der Waals surface area contributed by atoms with Crippen LogP contribution in [0.1, 0.15) is 33.5 Å². The molecule has 0 unspecified atom stereocenters. The molecule has 33 heavy (non-hydrogen) atoms. The van der Waals surface area contributed by atoms with E-state index < -0.39 is 5.92 Å². The highest BCUT2D eigenvalue weighted by molar-refractivity contribution is 6.07. The Bertz CT molecular complexity index is 1190. The lowest BCUT2D eigenvalue weighted by Gasteiger charge is -2.18. The van der Waals surface area contributed by atoms with Gasteiger partial charge in [0.1, 0.15) is 0 Å². The molecule has 0 radical (unpaired) electrons. The first-order valence-electron chi connectivity index (χ1n) is 11.0. The van der Waals surface area contributed by atoms with Gasteiger partial charge in [-0.15, -0.1) is 0 Å². The van der Waals surface area contributed by atoms with Gasteiger partial charge >= 0.3 is 0 Å². The summed E-state index contributed by atoms with van der Waals surface area (Å²) in [7, 11) is 0. The molecular weight excluding hydrogens is 414 g/mol. The maximum atomic E-state index is 13.0. The molecule has 1 saturated heterocycles. The fourth-order valence-corrected chi connectivity index (χ4v) is 3.92. The van der Waals surface area contributed by atoms with Crippen LogP contribution in [0.25, 0.3) is 0 Å². The van der Waals surface area contributed by atoms with Gasteiger partial charge < -0.3 is 15.5 Å². The van der Waals surface area contributed by atoms with Crippen molar-refractivity contribution >= 4 is 29.1 Å². The first-order valence-corrected chi connectivity index (χ1v) is 11.0. The molecule has 0 aliphatic carbocycles. The lowest BCUT2D eigenvalue weighted by molar-refractivity contribution is -0.122. The van der Waals surface area contributed by atoms with E-state index in [1.165, 1.54) is 0 Å². The van der Waals surface area contributed by atoms with Crippen molar-refractivity contribution in [3.8, 4) is 0 Å². The number of nitrogens with one attached hydrogen (secondary N) is 2. The Balaban J connectivity index is 1.43. The molecule has 0 saturated carbocycles. The van der Waals surface area contributed by atoms with Crippen LogP contribution in [0.15, 0.2) is 72.8 Å². The number of benzene rings is 3. The highest BCUT2D eigenvalue weighted by Crippen LogP contribution is 2.28. The summed E-state index contributed by atoms with van der Waals surface area (Å²) in [5.74, 6) is -1.10. The summed E-state index contributed by atoms with van der Waals surface area (Å²) in [5, 5.41) is 5.76. The zero-order chi connectivity index (χ0) is 23.4. The van der Waals surface area contributed by atoms with Gasteiger partial charge in [0.15, 0.2) is 0 Å². The molecule has 0 bridgehead atoms. The fourth-order valence-electron chi connectivity index (χ4n) is 3.92. The van der Waals surface area contributed by atoms with E-state index in [0.29, 0.717) is 24.3 Å². The third-order valence-corrected chi connectivity index (χ3v) is 6.02. The fraction of sp³-hybridized carbons (Fsp3) is 0.222. The van der Waals surface area contributed by atoms with Gasteiger partial charge in [-0.25, -0.2) is 0 Å². The quantitative estimate of drug-likeness (QED) is 0.601. The smallest absolute Gasteiger partial charge is 0.253 e. The van der Waals surface area contributed by atoms with E-state index in [4.69, 9.17) is 0 Å². The Kier molecular flexibility index (Phi) is 6.54. The number of para-hydroxylation sites is 1. The van der Waals surface area contributed by atoms with Crippen LogP contribution in [0.3, 0.4) is 0 Å². The third kappa shape index (κ3) is 5.12. The van der Waals surface area contributed by atoms with E-state index in [0.717, 1.165) is 22.4 Å². The second-order valence-corrected chi connectivity index (χ2v) is 8.38. The van der Waals surface area contributed by atoms with Crippen LogP contribution < -0.4 is 15.5 Å². The van der Waals surface area contributed by atoms with Crippen molar-refractivity contribution in [2.75, 3.05) is 16.8 Å². The molecule has 1 fully saturated rings. The molecule has 168 valence electrons. The highest BCUT2D eigenvalue weighted by atomic mass is 16.2. The Hall–Kier alpha value is -3.93. The lowest BCUT2D eigenvalue weighted by Crippen LogP contribution is -2.29. The van der Waals surface area contributed by atoms with Crippen LogP contribution in [0.2, 0.25) is 0 Å². The van der Waals surface area contributed by atoms with Crippen LogP contribution in [-0.2, 0) is 16.1 Å². The minimum atomic E-state index is -0.487. The van der Waals surface area contributed by atoms with Crippen molar-refractivity contribution in [1.82, 2.24) is 5.32 Å². The summed E-state index contributed by atoms with van der Waals surface area (Å²) < 4.78 is 0. The van der Waals surface area contributed by atoms with Gasteiger partial charge in [-0.05, 0) is 54.8 Å². The SMILES string of the molecule is Cc1ccc(N2C[C@@H](C(=O)Nc3ccccc3C(=O)NCc3ccccc3)CC2=O)cc1C. The van der Waals surface area contributed by atoms with Gasteiger partial charge in [0.25, 0.3) is 5.91 Å². The van der Waals surface area contributed by atoms with Crippen molar-refractivity contribution in [2.45, 2.75) is 26.8 Å². The number of hydrogen-bond acceptors (Lipinski definition) is 3. The summed E-state index contributed by atoms with van der Waals surface area (Å²) in [6, 6.07) is 22.4. The average Bonchev–Trinajstić information content (AvgIpc) is 3.22. The molecule has 4 rings (SSSR count). The van der Waals surface area contributed by atoms with Gasteiger partial charge in [0, 0.05) is 25.2 Å². The molecule has 0 spiro atoms. The van der Waals surface area contributed by atoms with Crippen molar-refractivity contribution < 1.29 is 14.4 Å². The predicted octanol–water partition coefficient (Wildman–Crippen LogP) is 4.23. The summed E-state index contributed by atoms with van der Waals surface area (Å²) in [6.07, 6.45) is 0.140. The normalized spacial score (nSPS) is 15.4. The van der Waals surface area contributed by atoms with Crippen molar-refractivity contribution in [3.63, 3.8) is 0 Å². The Morgan fingerprint density at radius 1 is 0.939 bits per heavy atom. The molecule has 0 aromatic heterocycles. The average molecular weight is 442 g/mol. The number of rotatable bonds is 6.